The Morgan fingerprint density at radius 2 is 1.90 bits per heavy atom. The smallest absolute Gasteiger partial charge is 0.255 e. The van der Waals surface area contributed by atoms with Gasteiger partial charge in [0, 0.05) is 22.0 Å². The highest BCUT2D eigenvalue weighted by Crippen LogP contribution is 2.27. The molecule has 0 aliphatic heterocycles. The summed E-state index contributed by atoms with van der Waals surface area (Å²) in [6.45, 7) is 1.98. The Morgan fingerprint density at radius 1 is 1.25 bits per heavy atom. The molecule has 0 atom stereocenters. The lowest BCUT2D eigenvalue weighted by Crippen LogP contribution is -2.19. The lowest BCUT2D eigenvalue weighted by Gasteiger charge is -2.10. The van der Waals surface area contributed by atoms with Crippen molar-refractivity contribution in [3.63, 3.8) is 0 Å². The third-order valence-electron chi connectivity index (χ3n) is 3.02. The Bertz CT molecular complexity index is 665. The van der Waals surface area contributed by atoms with Gasteiger partial charge in [-0.3, -0.25) is 4.79 Å². The predicted octanol–water partition coefficient (Wildman–Crippen LogP) is 3.95. The Morgan fingerprint density at radius 3 is 2.45 bits per heavy atom. The number of halogens is 2. The van der Waals surface area contributed by atoms with Gasteiger partial charge < -0.3 is 4.98 Å². The molecule has 2 rings (SSSR count). The van der Waals surface area contributed by atoms with E-state index in [0.29, 0.717) is 33.6 Å². The number of aromatic nitrogens is 2. The second-order valence-corrected chi connectivity index (χ2v) is 5.84. The number of aromatic amines is 1. The number of nitrogens with one attached hydrogen (secondary N) is 1. The number of thioether (sulfide) groups is 1. The molecule has 1 aromatic heterocycles. The third kappa shape index (κ3) is 3.19. The highest BCUT2D eigenvalue weighted by atomic mass is 35.5. The van der Waals surface area contributed by atoms with E-state index in [0.717, 1.165) is 11.3 Å². The first-order valence-corrected chi connectivity index (χ1v) is 8.13. The van der Waals surface area contributed by atoms with Crippen LogP contribution in [0.5, 0.6) is 0 Å². The minimum atomic E-state index is -0.128. The van der Waals surface area contributed by atoms with Crippen molar-refractivity contribution < 1.29 is 0 Å². The number of hydrogen-bond acceptors (Lipinski definition) is 3. The van der Waals surface area contributed by atoms with Gasteiger partial charge in [-0.1, -0.05) is 48.0 Å². The second kappa shape index (κ2) is 6.66. The fraction of sp³-hybridized carbons (Fsp3) is 0.286. The number of rotatable bonds is 4. The summed E-state index contributed by atoms with van der Waals surface area (Å²) in [5, 5.41) is 1.75. The van der Waals surface area contributed by atoms with Crippen molar-refractivity contribution in [2.75, 3.05) is 6.26 Å². The molecule has 0 saturated heterocycles. The number of H-pyrrole nitrogens is 1. The molecule has 0 aliphatic rings. The molecule has 0 amide bonds. The highest BCUT2D eigenvalue weighted by Gasteiger charge is 2.14. The first kappa shape index (κ1) is 15.4. The number of hydrogen-bond donors (Lipinski definition) is 1. The van der Waals surface area contributed by atoms with E-state index in [-0.39, 0.29) is 5.56 Å². The summed E-state index contributed by atoms with van der Waals surface area (Å²) in [7, 11) is 0. The van der Waals surface area contributed by atoms with Crippen molar-refractivity contribution >= 4 is 35.0 Å². The molecule has 0 unspecified atom stereocenters. The molecule has 1 heterocycles. The van der Waals surface area contributed by atoms with Crippen molar-refractivity contribution in [2.24, 2.45) is 0 Å². The van der Waals surface area contributed by atoms with Crippen LogP contribution >= 0.6 is 35.0 Å². The maximum absolute atomic E-state index is 12.2. The highest BCUT2D eigenvalue weighted by molar-refractivity contribution is 7.98. The number of nitrogens with zero attached hydrogens (tertiary/aromatic N) is 1. The van der Waals surface area contributed by atoms with Crippen molar-refractivity contribution in [2.45, 2.75) is 24.9 Å². The maximum Gasteiger partial charge on any atom is 0.255 e. The van der Waals surface area contributed by atoms with Crippen LogP contribution in [0.25, 0.3) is 0 Å². The normalized spacial score (nSPS) is 10.8. The third-order valence-corrected chi connectivity index (χ3v) is 4.31. The molecule has 3 nitrogen and oxygen atoms in total. The second-order valence-electron chi connectivity index (χ2n) is 4.23. The van der Waals surface area contributed by atoms with Gasteiger partial charge in [-0.2, -0.15) is 0 Å². The molecule has 20 heavy (non-hydrogen) atoms. The molecule has 2 aromatic rings. The zero-order chi connectivity index (χ0) is 14.7. The van der Waals surface area contributed by atoms with Crippen LogP contribution in [0, 0.1) is 0 Å². The molecule has 0 spiro atoms. The average molecular weight is 329 g/mol. The molecular weight excluding hydrogens is 315 g/mol. The quantitative estimate of drug-likeness (QED) is 0.682. The largest absolute Gasteiger partial charge is 0.301 e. The minimum Gasteiger partial charge on any atom is -0.301 e. The van der Waals surface area contributed by atoms with Gasteiger partial charge in [0.05, 0.1) is 5.69 Å². The molecular formula is C14H14Cl2N2OS. The van der Waals surface area contributed by atoms with Gasteiger partial charge in [-0.25, -0.2) is 4.98 Å². The number of aryl methyl sites for hydroxylation is 1. The van der Waals surface area contributed by atoms with Crippen molar-refractivity contribution in [1.29, 1.82) is 0 Å². The van der Waals surface area contributed by atoms with Crippen molar-refractivity contribution in [3.05, 3.63) is 55.4 Å². The number of benzene rings is 1. The van der Waals surface area contributed by atoms with Crippen LogP contribution in [0.4, 0.5) is 0 Å². The van der Waals surface area contributed by atoms with Gasteiger partial charge in [0.15, 0.2) is 5.16 Å². The predicted molar refractivity (Wildman–Crippen MR) is 85.3 cm³/mol. The molecule has 6 heteroatoms. The maximum atomic E-state index is 12.2. The summed E-state index contributed by atoms with van der Waals surface area (Å²) >= 11 is 13.7. The van der Waals surface area contributed by atoms with Gasteiger partial charge in [-0.05, 0) is 30.4 Å². The summed E-state index contributed by atoms with van der Waals surface area (Å²) in [5.41, 5.74) is 2.04. The van der Waals surface area contributed by atoms with Gasteiger partial charge in [0.25, 0.3) is 5.56 Å². The zero-order valence-corrected chi connectivity index (χ0v) is 13.5. The Labute approximate surface area is 131 Å². The molecule has 0 fully saturated rings. The standard InChI is InChI=1S/C14H14Cl2N2OS/c1-3-12-9(13(19)18-14(17-12)20-2)7-8-10(15)5-4-6-11(8)16/h4-6H,3,7H2,1-2H3,(H,17,18,19). The van der Waals surface area contributed by atoms with Crippen molar-refractivity contribution in [1.82, 2.24) is 9.97 Å². The van der Waals surface area contributed by atoms with E-state index in [1.807, 2.05) is 13.2 Å². The molecule has 0 saturated carbocycles. The lowest BCUT2D eigenvalue weighted by atomic mass is 10.0. The van der Waals surface area contributed by atoms with E-state index in [9.17, 15) is 4.79 Å². The monoisotopic (exact) mass is 328 g/mol. The van der Waals surface area contributed by atoms with Crippen LogP contribution in [0.2, 0.25) is 10.0 Å². The van der Waals surface area contributed by atoms with Crippen LogP contribution in [-0.4, -0.2) is 16.2 Å². The Hall–Kier alpha value is -0.970. The van der Waals surface area contributed by atoms with Gasteiger partial charge in [0.2, 0.25) is 0 Å². The molecule has 0 radical (unpaired) electrons. The molecule has 0 aliphatic carbocycles. The zero-order valence-electron chi connectivity index (χ0n) is 11.2. The van der Waals surface area contributed by atoms with Crippen molar-refractivity contribution in [3.8, 4) is 0 Å². The van der Waals surface area contributed by atoms with E-state index >= 15 is 0 Å². The Balaban J connectivity index is 2.51. The van der Waals surface area contributed by atoms with E-state index < -0.39 is 0 Å². The summed E-state index contributed by atoms with van der Waals surface area (Å²) < 4.78 is 0. The Kier molecular flexibility index (Phi) is 5.13. The van der Waals surface area contributed by atoms with Gasteiger partial charge in [-0.15, -0.1) is 0 Å². The van der Waals surface area contributed by atoms with Gasteiger partial charge >= 0.3 is 0 Å². The first-order valence-electron chi connectivity index (χ1n) is 6.15. The van der Waals surface area contributed by atoms with E-state index in [1.54, 1.807) is 18.2 Å². The minimum absolute atomic E-state index is 0.128. The fourth-order valence-corrected chi connectivity index (χ4v) is 2.90. The van der Waals surface area contributed by atoms with E-state index in [4.69, 9.17) is 23.2 Å². The molecule has 106 valence electrons. The summed E-state index contributed by atoms with van der Waals surface area (Å²) in [5.74, 6) is 0. The molecule has 0 bridgehead atoms. The van der Waals surface area contributed by atoms with Crippen LogP contribution in [0.15, 0.2) is 28.2 Å². The van der Waals surface area contributed by atoms with E-state index in [1.165, 1.54) is 11.8 Å². The summed E-state index contributed by atoms with van der Waals surface area (Å²) in [6, 6.07) is 5.33. The topological polar surface area (TPSA) is 45.8 Å². The molecule has 1 aromatic carbocycles. The van der Waals surface area contributed by atoms with Crippen LogP contribution in [0.3, 0.4) is 0 Å². The van der Waals surface area contributed by atoms with Crippen LogP contribution in [-0.2, 0) is 12.8 Å². The average Bonchev–Trinajstić information content (AvgIpc) is 2.43. The van der Waals surface area contributed by atoms with Crippen LogP contribution in [0.1, 0.15) is 23.7 Å². The van der Waals surface area contributed by atoms with E-state index in [2.05, 4.69) is 9.97 Å². The fourth-order valence-electron chi connectivity index (χ4n) is 1.97. The first-order chi connectivity index (χ1) is 9.56. The lowest BCUT2D eigenvalue weighted by molar-refractivity contribution is 0.833. The molecule has 1 N–H and O–H groups in total. The van der Waals surface area contributed by atoms with Crippen LogP contribution < -0.4 is 5.56 Å². The van der Waals surface area contributed by atoms with Gasteiger partial charge in [0.1, 0.15) is 0 Å². The summed E-state index contributed by atoms with van der Waals surface area (Å²) in [4.78, 5) is 19.4. The summed E-state index contributed by atoms with van der Waals surface area (Å²) in [6.07, 6.45) is 2.95. The SMILES string of the molecule is CCc1nc(SC)[nH]c(=O)c1Cc1c(Cl)cccc1Cl.